The second kappa shape index (κ2) is 5.99. The summed E-state index contributed by atoms with van der Waals surface area (Å²) in [6, 6.07) is 5.58. The van der Waals surface area contributed by atoms with Crippen molar-refractivity contribution in [2.75, 3.05) is 12.4 Å². The molecule has 0 radical (unpaired) electrons. The minimum Gasteiger partial charge on any atom is -0.466 e. The fourth-order valence-corrected chi connectivity index (χ4v) is 2.35. The highest BCUT2D eigenvalue weighted by molar-refractivity contribution is 5.90. The van der Waals surface area contributed by atoms with Gasteiger partial charge in [-0.1, -0.05) is 0 Å². The Balaban J connectivity index is 2.18. The van der Waals surface area contributed by atoms with Gasteiger partial charge in [0.15, 0.2) is 0 Å². The predicted octanol–water partition coefficient (Wildman–Crippen LogP) is 3.56. The average Bonchev–Trinajstić information content (AvgIpc) is 2.77. The molecular weight excluding hydrogens is 268 g/mol. The molecule has 0 saturated heterocycles. The number of methoxy groups -OCH3 is 1. The van der Waals surface area contributed by atoms with E-state index < -0.39 is 0 Å². The number of nitrogens with one attached hydrogen (secondary N) is 1. The number of pyridine rings is 1. The number of ether oxygens (including phenoxy) is 1. The van der Waals surface area contributed by atoms with Crippen LogP contribution in [0.2, 0.25) is 0 Å². The first-order valence-electron chi connectivity index (χ1n) is 6.81. The summed E-state index contributed by atoms with van der Waals surface area (Å²) in [7, 11) is 1.36. The fraction of sp³-hybridized carbons (Fsp3) is 0.375. The van der Waals surface area contributed by atoms with Crippen LogP contribution >= 0.6 is 0 Å². The van der Waals surface area contributed by atoms with Crippen LogP contribution in [-0.2, 0) is 4.74 Å². The summed E-state index contributed by atoms with van der Waals surface area (Å²) in [5, 5.41) is 3.31. The molecule has 2 aromatic heterocycles. The van der Waals surface area contributed by atoms with Gasteiger partial charge in [-0.3, -0.25) is 0 Å². The molecule has 0 aliphatic rings. The van der Waals surface area contributed by atoms with Crippen molar-refractivity contribution in [2.24, 2.45) is 0 Å². The molecule has 0 saturated carbocycles. The normalized spacial score (nSPS) is 12.0. The van der Waals surface area contributed by atoms with E-state index in [0.717, 1.165) is 17.1 Å². The average molecular weight is 288 g/mol. The van der Waals surface area contributed by atoms with Crippen LogP contribution in [0, 0.1) is 20.8 Å². The summed E-state index contributed by atoms with van der Waals surface area (Å²) < 4.78 is 10.3. The van der Waals surface area contributed by atoms with E-state index in [1.165, 1.54) is 7.11 Å². The van der Waals surface area contributed by atoms with Crippen LogP contribution < -0.4 is 5.32 Å². The highest BCUT2D eigenvalue weighted by Crippen LogP contribution is 2.24. The van der Waals surface area contributed by atoms with Crippen molar-refractivity contribution in [3.63, 3.8) is 0 Å². The van der Waals surface area contributed by atoms with Gasteiger partial charge in [-0.05, 0) is 45.9 Å². The first-order valence-corrected chi connectivity index (χ1v) is 6.81. The second-order valence-electron chi connectivity index (χ2n) is 5.06. The van der Waals surface area contributed by atoms with Crippen molar-refractivity contribution in [3.8, 4) is 0 Å². The molecule has 5 nitrogen and oxygen atoms in total. The first kappa shape index (κ1) is 15.1. The lowest BCUT2D eigenvalue weighted by atomic mass is 10.1. The molecule has 0 fully saturated rings. The molecule has 5 heteroatoms. The van der Waals surface area contributed by atoms with Crippen LogP contribution in [0.4, 0.5) is 5.82 Å². The maximum absolute atomic E-state index is 11.5. The van der Waals surface area contributed by atoms with Crippen LogP contribution in [0.5, 0.6) is 0 Å². The van der Waals surface area contributed by atoms with Gasteiger partial charge in [0.05, 0.1) is 24.4 Å². The maximum atomic E-state index is 11.5. The van der Waals surface area contributed by atoms with Gasteiger partial charge in [0.25, 0.3) is 0 Å². The third-order valence-electron chi connectivity index (χ3n) is 3.40. The van der Waals surface area contributed by atoms with Crippen LogP contribution in [0.3, 0.4) is 0 Å². The summed E-state index contributed by atoms with van der Waals surface area (Å²) in [6.45, 7) is 7.70. The van der Waals surface area contributed by atoms with Crippen molar-refractivity contribution in [2.45, 2.75) is 33.7 Å². The molecule has 0 aliphatic carbocycles. The summed E-state index contributed by atoms with van der Waals surface area (Å²) in [5.74, 6) is 2.13. The van der Waals surface area contributed by atoms with Gasteiger partial charge in [0, 0.05) is 5.56 Å². The predicted molar refractivity (Wildman–Crippen MR) is 80.5 cm³/mol. The Morgan fingerprint density at radius 2 is 2.05 bits per heavy atom. The number of carbonyl (C=O) groups is 1. The number of carbonyl (C=O) groups excluding carboxylic acids is 1. The molecule has 0 bridgehead atoms. The van der Waals surface area contributed by atoms with E-state index in [2.05, 4.69) is 10.3 Å². The molecule has 1 atom stereocenters. The van der Waals surface area contributed by atoms with Gasteiger partial charge in [0.2, 0.25) is 0 Å². The van der Waals surface area contributed by atoms with Crippen LogP contribution in [0.25, 0.3) is 0 Å². The van der Waals surface area contributed by atoms with Crippen LogP contribution in [-0.4, -0.2) is 18.1 Å². The standard InChI is InChI=1S/C16H20N2O3/c1-9-8-14(12(4)21-9)11(3)18-15-7-6-13(10(2)17-15)16(19)20-5/h6-8,11H,1-5H3,(H,17,18). The number of anilines is 1. The third-order valence-corrected chi connectivity index (χ3v) is 3.40. The zero-order chi connectivity index (χ0) is 15.6. The Morgan fingerprint density at radius 3 is 2.57 bits per heavy atom. The molecule has 0 spiro atoms. The topological polar surface area (TPSA) is 64.4 Å². The highest BCUT2D eigenvalue weighted by Gasteiger charge is 2.15. The van der Waals surface area contributed by atoms with Crippen molar-refractivity contribution in [3.05, 3.63) is 46.5 Å². The Labute approximate surface area is 124 Å². The highest BCUT2D eigenvalue weighted by atomic mass is 16.5. The van der Waals surface area contributed by atoms with Crippen molar-refractivity contribution in [1.29, 1.82) is 0 Å². The van der Waals surface area contributed by atoms with Crippen molar-refractivity contribution in [1.82, 2.24) is 4.98 Å². The number of rotatable bonds is 4. The maximum Gasteiger partial charge on any atom is 0.339 e. The molecule has 1 unspecified atom stereocenters. The van der Waals surface area contributed by atoms with Gasteiger partial charge in [0.1, 0.15) is 17.3 Å². The smallest absolute Gasteiger partial charge is 0.339 e. The SMILES string of the molecule is COC(=O)c1ccc(NC(C)c2cc(C)oc2C)nc1C. The van der Waals surface area contributed by atoms with Crippen molar-refractivity contribution >= 4 is 11.8 Å². The van der Waals surface area contributed by atoms with E-state index in [9.17, 15) is 4.79 Å². The van der Waals surface area contributed by atoms with E-state index >= 15 is 0 Å². The van der Waals surface area contributed by atoms with E-state index in [0.29, 0.717) is 17.1 Å². The largest absolute Gasteiger partial charge is 0.466 e. The molecule has 1 N–H and O–H groups in total. The van der Waals surface area contributed by atoms with Crippen molar-refractivity contribution < 1.29 is 13.9 Å². The van der Waals surface area contributed by atoms with Crippen LogP contribution in [0.15, 0.2) is 22.6 Å². The van der Waals surface area contributed by atoms with Crippen LogP contribution in [0.1, 0.15) is 46.1 Å². The summed E-state index contributed by atoms with van der Waals surface area (Å²) in [6.07, 6.45) is 0. The number of nitrogens with zero attached hydrogens (tertiary/aromatic N) is 1. The molecule has 0 aromatic carbocycles. The zero-order valence-electron chi connectivity index (χ0n) is 13.0. The van der Waals surface area contributed by atoms with Gasteiger partial charge in [-0.15, -0.1) is 0 Å². The molecule has 0 amide bonds. The lowest BCUT2D eigenvalue weighted by Gasteiger charge is -2.15. The lowest BCUT2D eigenvalue weighted by molar-refractivity contribution is 0.0599. The number of aryl methyl sites for hydroxylation is 3. The molecule has 2 heterocycles. The molecule has 2 rings (SSSR count). The minimum atomic E-state index is -0.374. The Morgan fingerprint density at radius 1 is 1.33 bits per heavy atom. The third kappa shape index (κ3) is 3.24. The Kier molecular flexibility index (Phi) is 4.31. The number of aromatic nitrogens is 1. The Hall–Kier alpha value is -2.30. The van der Waals surface area contributed by atoms with Gasteiger partial charge in [-0.2, -0.15) is 0 Å². The molecular formula is C16H20N2O3. The van der Waals surface area contributed by atoms with Gasteiger partial charge in [-0.25, -0.2) is 9.78 Å². The van der Waals surface area contributed by atoms with E-state index in [4.69, 9.17) is 9.15 Å². The summed E-state index contributed by atoms with van der Waals surface area (Å²) >= 11 is 0. The molecule has 0 aliphatic heterocycles. The molecule has 112 valence electrons. The summed E-state index contributed by atoms with van der Waals surface area (Å²) in [4.78, 5) is 15.9. The zero-order valence-corrected chi connectivity index (χ0v) is 13.0. The molecule has 2 aromatic rings. The summed E-state index contributed by atoms with van der Waals surface area (Å²) in [5.41, 5.74) is 2.22. The minimum absolute atomic E-state index is 0.0679. The second-order valence-corrected chi connectivity index (χ2v) is 5.06. The first-order chi connectivity index (χ1) is 9.92. The Bertz CT molecular complexity index is 662. The van der Waals surface area contributed by atoms with Gasteiger partial charge >= 0.3 is 5.97 Å². The van der Waals surface area contributed by atoms with E-state index in [-0.39, 0.29) is 12.0 Å². The fourth-order valence-electron chi connectivity index (χ4n) is 2.35. The lowest BCUT2D eigenvalue weighted by Crippen LogP contribution is -2.11. The number of hydrogen-bond donors (Lipinski definition) is 1. The number of furan rings is 1. The number of esters is 1. The number of hydrogen-bond acceptors (Lipinski definition) is 5. The monoisotopic (exact) mass is 288 g/mol. The van der Waals surface area contributed by atoms with E-state index in [1.807, 2.05) is 26.8 Å². The quantitative estimate of drug-likeness (QED) is 0.871. The van der Waals surface area contributed by atoms with E-state index in [1.54, 1.807) is 19.1 Å². The molecule has 21 heavy (non-hydrogen) atoms. The van der Waals surface area contributed by atoms with Gasteiger partial charge < -0.3 is 14.5 Å².